The molecule has 2 heterocycles. The monoisotopic (exact) mass is 401 g/mol. The molecule has 1 fully saturated rings. The number of piperidine rings is 1. The van der Waals surface area contributed by atoms with Crippen LogP contribution in [0.25, 0.3) is 0 Å². The molecular formula is C21H27N3O3S. The molecule has 2 aromatic rings. The molecule has 0 atom stereocenters. The summed E-state index contributed by atoms with van der Waals surface area (Å²) in [6, 6.07) is 11.7. The first kappa shape index (κ1) is 20.4. The minimum Gasteiger partial charge on any atom is -0.496 e. The molecule has 2 amide bonds. The highest BCUT2D eigenvalue weighted by molar-refractivity contribution is 7.10. The van der Waals surface area contributed by atoms with Crippen LogP contribution in [0.2, 0.25) is 0 Å². The van der Waals surface area contributed by atoms with Crippen molar-refractivity contribution < 1.29 is 14.3 Å². The zero-order valence-corrected chi connectivity index (χ0v) is 17.0. The molecule has 0 radical (unpaired) electrons. The maximum atomic E-state index is 12.0. The number of nitrogens with zero attached hydrogens (tertiary/aromatic N) is 1. The van der Waals surface area contributed by atoms with E-state index in [0.717, 1.165) is 38.0 Å². The number of benzene rings is 1. The first-order chi connectivity index (χ1) is 13.7. The Kier molecular flexibility index (Phi) is 7.45. The van der Waals surface area contributed by atoms with Gasteiger partial charge in [-0.2, -0.15) is 0 Å². The van der Waals surface area contributed by atoms with Gasteiger partial charge in [0, 0.05) is 30.1 Å². The third-order valence-corrected chi connectivity index (χ3v) is 6.12. The Bertz CT molecular complexity index is 771. The lowest BCUT2D eigenvalue weighted by molar-refractivity contribution is -0.139. The van der Waals surface area contributed by atoms with Gasteiger partial charge in [-0.3, -0.25) is 9.59 Å². The smallest absolute Gasteiger partial charge is 0.309 e. The second-order valence-electron chi connectivity index (χ2n) is 6.88. The van der Waals surface area contributed by atoms with Crippen molar-refractivity contribution in [3.05, 3.63) is 52.2 Å². The van der Waals surface area contributed by atoms with Gasteiger partial charge < -0.3 is 20.3 Å². The quantitative estimate of drug-likeness (QED) is 0.699. The molecule has 1 aliphatic heterocycles. The highest BCUT2D eigenvalue weighted by Gasteiger charge is 2.21. The van der Waals surface area contributed by atoms with E-state index in [9.17, 15) is 9.59 Å². The number of amides is 2. The minimum absolute atomic E-state index is 0.256. The second kappa shape index (κ2) is 10.2. The van der Waals surface area contributed by atoms with Gasteiger partial charge in [-0.15, -0.1) is 11.3 Å². The molecule has 1 aromatic carbocycles. The van der Waals surface area contributed by atoms with Crippen molar-refractivity contribution >= 4 is 23.2 Å². The van der Waals surface area contributed by atoms with Crippen LogP contribution >= 0.6 is 11.3 Å². The van der Waals surface area contributed by atoms with Crippen LogP contribution in [0.1, 0.15) is 29.2 Å². The zero-order chi connectivity index (χ0) is 19.8. The summed E-state index contributed by atoms with van der Waals surface area (Å²) in [5.41, 5.74) is 0.833. The van der Waals surface area contributed by atoms with Crippen molar-refractivity contribution in [2.45, 2.75) is 25.3 Å². The number of likely N-dealkylation sites (tertiary alicyclic amines) is 1. The van der Waals surface area contributed by atoms with E-state index in [-0.39, 0.29) is 6.54 Å². The largest absolute Gasteiger partial charge is 0.496 e. The van der Waals surface area contributed by atoms with Crippen LogP contribution in [-0.2, 0) is 16.1 Å². The summed E-state index contributed by atoms with van der Waals surface area (Å²) < 4.78 is 5.24. The lowest BCUT2D eigenvalue weighted by atomic mass is 9.95. The maximum Gasteiger partial charge on any atom is 0.309 e. The number of hydrogen-bond donors (Lipinski definition) is 2. The fraction of sp³-hybridized carbons (Fsp3) is 0.429. The molecule has 1 aromatic heterocycles. The minimum atomic E-state index is -0.623. The molecule has 28 heavy (non-hydrogen) atoms. The van der Waals surface area contributed by atoms with Gasteiger partial charge in [0.25, 0.3) is 0 Å². The van der Waals surface area contributed by atoms with E-state index >= 15 is 0 Å². The number of para-hydroxylation sites is 1. The maximum absolute atomic E-state index is 12.0. The average molecular weight is 402 g/mol. The number of rotatable bonds is 7. The van der Waals surface area contributed by atoms with Crippen molar-refractivity contribution in [1.82, 2.24) is 15.5 Å². The summed E-state index contributed by atoms with van der Waals surface area (Å²) in [5, 5.41) is 7.49. The predicted molar refractivity (Wildman–Crippen MR) is 111 cm³/mol. The Hall–Kier alpha value is -2.38. The second-order valence-corrected chi connectivity index (χ2v) is 7.86. The SMILES string of the molecule is COc1ccccc1CNC(=O)C(=O)NCCN1CCC(c2cccs2)CC1. The van der Waals surface area contributed by atoms with E-state index in [2.05, 4.69) is 33.0 Å². The van der Waals surface area contributed by atoms with Gasteiger partial charge in [-0.25, -0.2) is 0 Å². The zero-order valence-electron chi connectivity index (χ0n) is 16.1. The highest BCUT2D eigenvalue weighted by atomic mass is 32.1. The fourth-order valence-electron chi connectivity index (χ4n) is 3.48. The van der Waals surface area contributed by atoms with Crippen LogP contribution in [0.3, 0.4) is 0 Å². The number of thiophene rings is 1. The van der Waals surface area contributed by atoms with E-state index in [1.54, 1.807) is 7.11 Å². The topological polar surface area (TPSA) is 70.7 Å². The Labute approximate surface area is 169 Å². The molecule has 2 N–H and O–H groups in total. The number of hydrogen-bond acceptors (Lipinski definition) is 5. The van der Waals surface area contributed by atoms with Gasteiger partial charge in [0.15, 0.2) is 0 Å². The number of nitrogens with one attached hydrogen (secondary N) is 2. The van der Waals surface area contributed by atoms with Gasteiger partial charge in [-0.05, 0) is 49.4 Å². The third-order valence-electron chi connectivity index (χ3n) is 5.08. The van der Waals surface area contributed by atoms with E-state index in [4.69, 9.17) is 4.74 Å². The molecular weight excluding hydrogens is 374 g/mol. The molecule has 1 saturated heterocycles. The van der Waals surface area contributed by atoms with E-state index in [0.29, 0.717) is 18.2 Å². The normalized spacial score (nSPS) is 15.2. The number of methoxy groups -OCH3 is 1. The summed E-state index contributed by atoms with van der Waals surface area (Å²) in [6.45, 7) is 3.55. The van der Waals surface area contributed by atoms with Crippen molar-refractivity contribution in [3.8, 4) is 5.75 Å². The average Bonchev–Trinajstić information content (AvgIpc) is 3.27. The Morgan fingerprint density at radius 2 is 1.86 bits per heavy atom. The first-order valence-corrected chi connectivity index (χ1v) is 10.5. The number of ether oxygens (including phenoxy) is 1. The van der Waals surface area contributed by atoms with Crippen LogP contribution in [-0.4, -0.2) is 50.0 Å². The molecule has 6 nitrogen and oxygen atoms in total. The van der Waals surface area contributed by atoms with E-state index in [1.165, 1.54) is 4.88 Å². The molecule has 0 spiro atoms. The third kappa shape index (κ3) is 5.56. The summed E-state index contributed by atoms with van der Waals surface area (Å²) in [6.07, 6.45) is 2.29. The Morgan fingerprint density at radius 1 is 1.11 bits per heavy atom. The van der Waals surface area contributed by atoms with Crippen LogP contribution in [0.4, 0.5) is 0 Å². The van der Waals surface area contributed by atoms with Crippen LogP contribution in [0.15, 0.2) is 41.8 Å². The van der Waals surface area contributed by atoms with Gasteiger partial charge >= 0.3 is 11.8 Å². The van der Waals surface area contributed by atoms with Crippen LogP contribution in [0, 0.1) is 0 Å². The molecule has 0 bridgehead atoms. The predicted octanol–water partition coefficient (Wildman–Crippen LogP) is 2.37. The fourth-order valence-corrected chi connectivity index (χ4v) is 4.38. The van der Waals surface area contributed by atoms with Crippen molar-refractivity contribution in [3.63, 3.8) is 0 Å². The molecule has 3 rings (SSSR count). The lowest BCUT2D eigenvalue weighted by Crippen LogP contribution is -2.44. The van der Waals surface area contributed by atoms with Crippen molar-refractivity contribution in [2.75, 3.05) is 33.3 Å². The molecule has 150 valence electrons. The van der Waals surface area contributed by atoms with Gasteiger partial charge in [0.05, 0.1) is 7.11 Å². The Balaban J connectivity index is 1.33. The standard InChI is InChI=1S/C21H27N3O3S/c1-27-18-6-3-2-5-17(18)15-23-21(26)20(25)22-10-13-24-11-8-16(9-12-24)19-7-4-14-28-19/h2-7,14,16H,8-13,15H2,1H3,(H,22,25)(H,23,26). The summed E-state index contributed by atoms with van der Waals surface area (Å²) in [7, 11) is 1.58. The van der Waals surface area contributed by atoms with E-state index < -0.39 is 11.8 Å². The van der Waals surface area contributed by atoms with Gasteiger partial charge in [0.2, 0.25) is 0 Å². The first-order valence-electron chi connectivity index (χ1n) is 9.61. The number of carbonyl (C=O) groups excluding carboxylic acids is 2. The van der Waals surface area contributed by atoms with Crippen molar-refractivity contribution in [1.29, 1.82) is 0 Å². The molecule has 7 heteroatoms. The van der Waals surface area contributed by atoms with E-state index in [1.807, 2.05) is 35.6 Å². The van der Waals surface area contributed by atoms with Crippen molar-refractivity contribution in [2.24, 2.45) is 0 Å². The van der Waals surface area contributed by atoms with Gasteiger partial charge in [-0.1, -0.05) is 24.3 Å². The highest BCUT2D eigenvalue weighted by Crippen LogP contribution is 2.30. The Morgan fingerprint density at radius 3 is 2.57 bits per heavy atom. The molecule has 0 saturated carbocycles. The van der Waals surface area contributed by atoms with Gasteiger partial charge in [0.1, 0.15) is 5.75 Å². The van der Waals surface area contributed by atoms with Crippen LogP contribution in [0.5, 0.6) is 5.75 Å². The summed E-state index contributed by atoms with van der Waals surface area (Å²) >= 11 is 1.83. The molecule has 1 aliphatic rings. The summed E-state index contributed by atoms with van der Waals surface area (Å²) in [4.78, 5) is 27.8. The number of carbonyl (C=O) groups is 2. The lowest BCUT2D eigenvalue weighted by Gasteiger charge is -2.31. The van der Waals surface area contributed by atoms with Crippen LogP contribution < -0.4 is 15.4 Å². The molecule has 0 unspecified atom stereocenters. The molecule has 0 aliphatic carbocycles. The summed E-state index contributed by atoms with van der Waals surface area (Å²) in [5.74, 6) is 0.131.